The smallest absolute Gasteiger partial charge is 0.246 e. The summed E-state index contributed by atoms with van der Waals surface area (Å²) in [5.41, 5.74) is 0. The van der Waals surface area contributed by atoms with Crippen molar-refractivity contribution < 1.29 is 34.9 Å². The van der Waals surface area contributed by atoms with E-state index in [1.807, 2.05) is 19.6 Å². The summed E-state index contributed by atoms with van der Waals surface area (Å²) >= 11 is 0. The van der Waals surface area contributed by atoms with Crippen LogP contribution in [0.3, 0.4) is 0 Å². The van der Waals surface area contributed by atoms with Gasteiger partial charge in [0.15, 0.2) is 8.32 Å². The number of rotatable bonds is 8. The fraction of sp³-hybridized carbons (Fsp3) is 0.857. The second kappa shape index (κ2) is 8.47. The standard InChI is InChI=1S/C14H27NO8Si/c1-24(2,3)23-10-6-4-5-8(11(10)15(21)22)12(18)14(20)13(19)9(17)7-16/h4,6,8-14,16-20H,5,7H2,1-3H3/t8-,9+,10+,11+,12?,13-,14+/m0/s1. The maximum atomic E-state index is 11.5. The normalized spacial score (nSPS) is 29.8. The molecule has 1 rings (SSSR count). The fourth-order valence-electron chi connectivity index (χ4n) is 2.79. The zero-order chi connectivity index (χ0) is 18.7. The Hall–Kier alpha value is -0.883. The monoisotopic (exact) mass is 365 g/mol. The predicted molar refractivity (Wildman–Crippen MR) is 87.4 cm³/mol. The molecule has 0 aromatic heterocycles. The fourth-order valence-corrected chi connectivity index (χ4v) is 3.83. The summed E-state index contributed by atoms with van der Waals surface area (Å²) in [6.45, 7) is 4.84. The summed E-state index contributed by atoms with van der Waals surface area (Å²) < 4.78 is 5.81. The van der Waals surface area contributed by atoms with Crippen molar-refractivity contribution in [1.29, 1.82) is 0 Å². The van der Waals surface area contributed by atoms with Crippen LogP contribution >= 0.6 is 0 Å². The van der Waals surface area contributed by atoms with Gasteiger partial charge in [0.2, 0.25) is 6.04 Å². The Morgan fingerprint density at radius 1 is 1.25 bits per heavy atom. The SMILES string of the molecule is C[Si](C)(C)O[C@@H]1C=CC[C@H](C(O)[C@@H](O)[C@@H](O)[C@H](O)CO)[C@H]1[N+](=O)[O-]. The van der Waals surface area contributed by atoms with E-state index < -0.39 is 62.3 Å². The van der Waals surface area contributed by atoms with Gasteiger partial charge in [0, 0.05) is 4.92 Å². The highest BCUT2D eigenvalue weighted by Crippen LogP contribution is 2.30. The highest BCUT2D eigenvalue weighted by atomic mass is 28.4. The molecule has 0 aromatic carbocycles. The minimum absolute atomic E-state index is 0.122. The minimum atomic E-state index is -2.09. The molecule has 1 aliphatic carbocycles. The lowest BCUT2D eigenvalue weighted by Crippen LogP contribution is -2.55. The zero-order valence-corrected chi connectivity index (χ0v) is 15.0. The van der Waals surface area contributed by atoms with Gasteiger partial charge < -0.3 is 30.0 Å². The second-order valence-corrected chi connectivity index (χ2v) is 11.5. The van der Waals surface area contributed by atoms with E-state index in [1.54, 1.807) is 12.2 Å². The van der Waals surface area contributed by atoms with E-state index in [4.69, 9.17) is 9.53 Å². The van der Waals surface area contributed by atoms with Gasteiger partial charge in [-0.2, -0.15) is 0 Å². The Balaban J connectivity index is 2.99. The topological polar surface area (TPSA) is 154 Å². The van der Waals surface area contributed by atoms with E-state index in [0.29, 0.717) is 0 Å². The molecule has 140 valence electrons. The van der Waals surface area contributed by atoms with Gasteiger partial charge in [-0.05, 0) is 26.1 Å². The van der Waals surface area contributed by atoms with Gasteiger partial charge in [0.1, 0.15) is 24.4 Å². The molecule has 0 radical (unpaired) electrons. The third-order valence-electron chi connectivity index (χ3n) is 3.96. The summed E-state index contributed by atoms with van der Waals surface area (Å²) in [7, 11) is -2.09. The Bertz CT molecular complexity index is 455. The molecule has 0 saturated carbocycles. The van der Waals surface area contributed by atoms with Crippen LogP contribution in [-0.2, 0) is 4.43 Å². The number of aliphatic hydroxyl groups excluding tert-OH is 5. The molecule has 5 N–H and O–H groups in total. The van der Waals surface area contributed by atoms with Crippen LogP contribution in [-0.4, -0.2) is 81.9 Å². The van der Waals surface area contributed by atoms with Crippen LogP contribution < -0.4 is 0 Å². The number of nitro groups is 1. The first kappa shape index (κ1) is 21.2. The lowest BCUT2D eigenvalue weighted by atomic mass is 9.80. The van der Waals surface area contributed by atoms with E-state index in [1.165, 1.54) is 0 Å². The Kier molecular flexibility index (Phi) is 7.47. The highest BCUT2D eigenvalue weighted by molar-refractivity contribution is 6.69. The van der Waals surface area contributed by atoms with Gasteiger partial charge in [-0.15, -0.1) is 0 Å². The first-order valence-electron chi connectivity index (χ1n) is 7.80. The Morgan fingerprint density at radius 2 is 1.83 bits per heavy atom. The zero-order valence-electron chi connectivity index (χ0n) is 14.0. The Labute approximate surface area is 141 Å². The van der Waals surface area contributed by atoms with E-state index in [9.17, 15) is 30.5 Å². The largest absolute Gasteiger partial charge is 0.405 e. The van der Waals surface area contributed by atoms with Gasteiger partial charge in [-0.3, -0.25) is 10.1 Å². The van der Waals surface area contributed by atoms with E-state index >= 15 is 0 Å². The van der Waals surface area contributed by atoms with Crippen LogP contribution in [0.25, 0.3) is 0 Å². The molecule has 0 aliphatic heterocycles. The van der Waals surface area contributed by atoms with Crippen molar-refractivity contribution in [3.05, 3.63) is 22.3 Å². The van der Waals surface area contributed by atoms with Crippen molar-refractivity contribution in [2.24, 2.45) is 5.92 Å². The second-order valence-electron chi connectivity index (χ2n) is 7.02. The van der Waals surface area contributed by atoms with Gasteiger partial charge in [0.25, 0.3) is 0 Å². The molecule has 0 amide bonds. The lowest BCUT2D eigenvalue weighted by molar-refractivity contribution is -0.544. The predicted octanol–water partition coefficient (Wildman–Crippen LogP) is -1.14. The van der Waals surface area contributed by atoms with Crippen molar-refractivity contribution in [1.82, 2.24) is 0 Å². The maximum Gasteiger partial charge on any atom is 0.246 e. The van der Waals surface area contributed by atoms with E-state index in [-0.39, 0.29) is 6.42 Å². The van der Waals surface area contributed by atoms with Gasteiger partial charge in [-0.25, -0.2) is 0 Å². The Morgan fingerprint density at radius 3 is 2.29 bits per heavy atom. The van der Waals surface area contributed by atoms with Crippen molar-refractivity contribution >= 4 is 8.32 Å². The van der Waals surface area contributed by atoms with Crippen LogP contribution in [0.4, 0.5) is 0 Å². The highest BCUT2D eigenvalue weighted by Gasteiger charge is 2.48. The number of hydrogen-bond acceptors (Lipinski definition) is 8. The van der Waals surface area contributed by atoms with Crippen LogP contribution in [0.5, 0.6) is 0 Å². The van der Waals surface area contributed by atoms with Crippen molar-refractivity contribution in [2.45, 2.75) is 62.6 Å². The van der Waals surface area contributed by atoms with Crippen molar-refractivity contribution in [3.8, 4) is 0 Å². The van der Waals surface area contributed by atoms with E-state index in [0.717, 1.165) is 0 Å². The molecule has 24 heavy (non-hydrogen) atoms. The number of allylic oxidation sites excluding steroid dienone is 1. The number of aliphatic hydroxyl groups is 5. The first-order valence-corrected chi connectivity index (χ1v) is 11.2. The summed E-state index contributed by atoms with van der Waals surface area (Å²) in [5.74, 6) is -0.998. The maximum absolute atomic E-state index is 11.5. The summed E-state index contributed by atoms with van der Waals surface area (Å²) in [6, 6.07) is -1.29. The van der Waals surface area contributed by atoms with Crippen LogP contribution in [0, 0.1) is 16.0 Å². The molecule has 0 fully saturated rings. The number of nitrogens with zero attached hydrogens (tertiary/aromatic N) is 1. The van der Waals surface area contributed by atoms with Crippen LogP contribution in [0.15, 0.2) is 12.2 Å². The molecule has 0 aromatic rings. The quantitative estimate of drug-likeness (QED) is 0.157. The molecule has 1 unspecified atom stereocenters. The van der Waals surface area contributed by atoms with Crippen molar-refractivity contribution in [2.75, 3.05) is 6.61 Å². The molecule has 9 nitrogen and oxygen atoms in total. The van der Waals surface area contributed by atoms with Crippen molar-refractivity contribution in [3.63, 3.8) is 0 Å². The third-order valence-corrected chi connectivity index (χ3v) is 4.94. The lowest BCUT2D eigenvalue weighted by Gasteiger charge is -2.37. The molecule has 10 heteroatoms. The average molecular weight is 365 g/mol. The summed E-state index contributed by atoms with van der Waals surface area (Å²) in [6.07, 6.45) is -4.46. The molecule has 7 atom stereocenters. The molecular formula is C14H27NO8Si. The molecule has 0 spiro atoms. The third kappa shape index (κ3) is 5.31. The first-order chi connectivity index (χ1) is 11.0. The van der Waals surface area contributed by atoms with Gasteiger partial charge in [-0.1, -0.05) is 12.2 Å². The van der Waals surface area contributed by atoms with E-state index in [2.05, 4.69) is 0 Å². The molecule has 0 bridgehead atoms. The average Bonchev–Trinajstić information content (AvgIpc) is 2.49. The molecule has 0 saturated heterocycles. The minimum Gasteiger partial charge on any atom is -0.405 e. The van der Waals surface area contributed by atoms with Gasteiger partial charge >= 0.3 is 0 Å². The molecular weight excluding hydrogens is 338 g/mol. The van der Waals surface area contributed by atoms with Gasteiger partial charge in [0.05, 0.1) is 18.6 Å². The van der Waals surface area contributed by atoms with Crippen LogP contribution in [0.2, 0.25) is 19.6 Å². The summed E-state index contributed by atoms with van der Waals surface area (Å²) in [4.78, 5) is 11.0. The molecule has 1 aliphatic rings. The number of hydrogen-bond donors (Lipinski definition) is 5. The van der Waals surface area contributed by atoms with Crippen LogP contribution in [0.1, 0.15) is 6.42 Å². The summed E-state index contributed by atoms with van der Waals surface area (Å²) in [5, 5.41) is 59.8. The molecule has 0 heterocycles.